The molecule has 0 unspecified atom stereocenters. The van der Waals surface area contributed by atoms with Crippen molar-refractivity contribution in [3.05, 3.63) is 24.3 Å². The Morgan fingerprint density at radius 3 is 2.05 bits per heavy atom. The molecule has 0 bridgehead atoms. The van der Waals surface area contributed by atoms with E-state index >= 15 is 0 Å². The molecule has 112 valence electrons. The van der Waals surface area contributed by atoms with Crippen LogP contribution in [0.5, 0.6) is 5.75 Å². The molecule has 1 aromatic carbocycles. The second-order valence-electron chi connectivity index (χ2n) is 5.91. The first-order chi connectivity index (χ1) is 9.30. The molecule has 1 aliphatic rings. The molecule has 0 radical (unpaired) electrons. The van der Waals surface area contributed by atoms with E-state index in [1.54, 1.807) is 28.6 Å². The Morgan fingerprint density at radius 1 is 1.10 bits per heavy atom. The third kappa shape index (κ3) is 3.15. The number of hydrogen-bond donors (Lipinski definition) is 0. The van der Waals surface area contributed by atoms with Crippen LogP contribution in [0.15, 0.2) is 29.2 Å². The zero-order chi connectivity index (χ0) is 14.9. The van der Waals surface area contributed by atoms with Crippen LogP contribution in [0.25, 0.3) is 0 Å². The van der Waals surface area contributed by atoms with Gasteiger partial charge < -0.3 is 4.74 Å². The lowest BCUT2D eigenvalue weighted by Crippen LogP contribution is -2.29. The van der Waals surface area contributed by atoms with Crippen LogP contribution in [0, 0.1) is 11.8 Å². The van der Waals surface area contributed by atoms with Crippen LogP contribution in [0.2, 0.25) is 0 Å². The van der Waals surface area contributed by atoms with E-state index in [9.17, 15) is 8.42 Å². The Morgan fingerprint density at radius 2 is 1.60 bits per heavy atom. The van der Waals surface area contributed by atoms with Crippen LogP contribution >= 0.6 is 0 Å². The fraction of sp³-hybridized carbons (Fsp3) is 0.600. The van der Waals surface area contributed by atoms with Crippen molar-refractivity contribution in [1.82, 2.24) is 4.31 Å². The second kappa shape index (κ2) is 5.74. The highest BCUT2D eigenvalue weighted by atomic mass is 32.2. The van der Waals surface area contributed by atoms with Crippen LogP contribution in [-0.2, 0) is 10.0 Å². The van der Waals surface area contributed by atoms with Crippen molar-refractivity contribution < 1.29 is 13.2 Å². The maximum atomic E-state index is 12.5. The summed E-state index contributed by atoms with van der Waals surface area (Å²) in [5.41, 5.74) is 0. The molecule has 5 heteroatoms. The van der Waals surface area contributed by atoms with Gasteiger partial charge in [-0.1, -0.05) is 13.8 Å². The highest BCUT2D eigenvalue weighted by Gasteiger charge is 2.34. The monoisotopic (exact) mass is 297 g/mol. The van der Waals surface area contributed by atoms with Gasteiger partial charge >= 0.3 is 0 Å². The summed E-state index contributed by atoms with van der Waals surface area (Å²) in [6.45, 7) is 9.29. The smallest absolute Gasteiger partial charge is 0.243 e. The van der Waals surface area contributed by atoms with Gasteiger partial charge in [-0.15, -0.1) is 0 Å². The largest absolute Gasteiger partial charge is 0.491 e. The Balaban J connectivity index is 2.18. The summed E-state index contributed by atoms with van der Waals surface area (Å²) in [7, 11) is -3.37. The lowest BCUT2D eigenvalue weighted by atomic mass is 10.0. The SMILES string of the molecule is CC(C)Oc1ccc(S(=O)(=O)N2C[C@@H](C)[C@@H](C)C2)cc1. The average molecular weight is 297 g/mol. The van der Waals surface area contributed by atoms with E-state index in [-0.39, 0.29) is 6.10 Å². The molecular weight excluding hydrogens is 274 g/mol. The van der Waals surface area contributed by atoms with Crippen LogP contribution in [-0.4, -0.2) is 31.9 Å². The van der Waals surface area contributed by atoms with Crippen LogP contribution in [0.4, 0.5) is 0 Å². The van der Waals surface area contributed by atoms with E-state index in [1.165, 1.54) is 0 Å². The van der Waals surface area contributed by atoms with Gasteiger partial charge in [0, 0.05) is 13.1 Å². The van der Waals surface area contributed by atoms with Crippen molar-refractivity contribution in [3.8, 4) is 5.75 Å². The minimum Gasteiger partial charge on any atom is -0.491 e. The Bertz CT molecular complexity index is 541. The highest BCUT2D eigenvalue weighted by Crippen LogP contribution is 2.28. The quantitative estimate of drug-likeness (QED) is 0.858. The number of rotatable bonds is 4. The van der Waals surface area contributed by atoms with E-state index in [0.29, 0.717) is 35.6 Å². The van der Waals surface area contributed by atoms with Gasteiger partial charge in [0.2, 0.25) is 10.0 Å². The lowest BCUT2D eigenvalue weighted by molar-refractivity contribution is 0.242. The highest BCUT2D eigenvalue weighted by molar-refractivity contribution is 7.89. The van der Waals surface area contributed by atoms with E-state index in [4.69, 9.17) is 4.74 Å². The third-order valence-electron chi connectivity index (χ3n) is 3.79. The van der Waals surface area contributed by atoms with Crippen molar-refractivity contribution in [3.63, 3.8) is 0 Å². The van der Waals surface area contributed by atoms with Gasteiger partial charge in [0.25, 0.3) is 0 Å². The normalized spacial score (nSPS) is 24.2. The van der Waals surface area contributed by atoms with Crippen molar-refractivity contribution in [2.45, 2.75) is 38.7 Å². The minimum absolute atomic E-state index is 0.0812. The molecule has 2 atom stereocenters. The Labute approximate surface area is 121 Å². The summed E-state index contributed by atoms with van der Waals surface area (Å²) in [6.07, 6.45) is 0.0812. The maximum absolute atomic E-state index is 12.5. The lowest BCUT2D eigenvalue weighted by Gasteiger charge is -2.17. The molecule has 2 rings (SSSR count). The molecule has 0 amide bonds. The summed E-state index contributed by atoms with van der Waals surface area (Å²) in [5, 5.41) is 0. The van der Waals surface area contributed by atoms with Gasteiger partial charge in [-0.25, -0.2) is 8.42 Å². The third-order valence-corrected chi connectivity index (χ3v) is 5.63. The number of hydrogen-bond acceptors (Lipinski definition) is 3. The van der Waals surface area contributed by atoms with Gasteiger partial charge in [-0.2, -0.15) is 4.31 Å². The summed E-state index contributed by atoms with van der Waals surface area (Å²) >= 11 is 0. The van der Waals surface area contributed by atoms with E-state index in [1.807, 2.05) is 13.8 Å². The van der Waals surface area contributed by atoms with E-state index in [0.717, 1.165) is 0 Å². The molecular formula is C15H23NO3S. The van der Waals surface area contributed by atoms with Crippen molar-refractivity contribution in [2.75, 3.05) is 13.1 Å². The first-order valence-electron chi connectivity index (χ1n) is 7.07. The predicted molar refractivity (Wildman–Crippen MR) is 79.3 cm³/mol. The number of benzene rings is 1. The summed E-state index contributed by atoms with van der Waals surface area (Å²) in [4.78, 5) is 0.343. The molecule has 1 heterocycles. The molecule has 0 N–H and O–H groups in total. The summed E-state index contributed by atoms with van der Waals surface area (Å²) < 4.78 is 32.2. The molecule has 0 saturated carbocycles. The fourth-order valence-corrected chi connectivity index (χ4v) is 4.03. The minimum atomic E-state index is -3.37. The summed E-state index contributed by atoms with van der Waals surface area (Å²) in [6, 6.07) is 6.69. The van der Waals surface area contributed by atoms with Gasteiger partial charge in [0.15, 0.2) is 0 Å². The van der Waals surface area contributed by atoms with Crippen molar-refractivity contribution in [1.29, 1.82) is 0 Å². The first-order valence-corrected chi connectivity index (χ1v) is 8.51. The molecule has 0 aliphatic carbocycles. The molecule has 1 aromatic rings. The van der Waals surface area contributed by atoms with Crippen molar-refractivity contribution >= 4 is 10.0 Å². The van der Waals surface area contributed by atoms with Gasteiger partial charge in [-0.3, -0.25) is 0 Å². The van der Waals surface area contributed by atoms with E-state index in [2.05, 4.69) is 13.8 Å². The number of ether oxygens (including phenoxy) is 1. The zero-order valence-electron chi connectivity index (χ0n) is 12.5. The molecule has 1 fully saturated rings. The fourth-order valence-electron chi connectivity index (χ4n) is 2.38. The second-order valence-corrected chi connectivity index (χ2v) is 7.85. The Hall–Kier alpha value is -1.07. The van der Waals surface area contributed by atoms with Gasteiger partial charge in [-0.05, 0) is 49.9 Å². The summed E-state index contributed by atoms with van der Waals surface area (Å²) in [5.74, 6) is 1.52. The number of sulfonamides is 1. The van der Waals surface area contributed by atoms with Gasteiger partial charge in [0.05, 0.1) is 11.0 Å². The molecule has 1 saturated heterocycles. The first kappa shape index (κ1) is 15.3. The molecule has 0 spiro atoms. The van der Waals surface area contributed by atoms with Crippen LogP contribution in [0.3, 0.4) is 0 Å². The molecule has 0 aromatic heterocycles. The maximum Gasteiger partial charge on any atom is 0.243 e. The molecule has 1 aliphatic heterocycles. The Kier molecular flexibility index (Phi) is 4.39. The standard InChI is InChI=1S/C15H23NO3S/c1-11(2)19-14-5-7-15(8-6-14)20(17,18)16-9-12(3)13(4)10-16/h5-8,11-13H,9-10H2,1-4H3/t12-,13+. The van der Waals surface area contributed by atoms with Crippen LogP contribution in [0.1, 0.15) is 27.7 Å². The van der Waals surface area contributed by atoms with Crippen molar-refractivity contribution in [2.24, 2.45) is 11.8 Å². The van der Waals surface area contributed by atoms with Gasteiger partial charge in [0.1, 0.15) is 5.75 Å². The molecule has 4 nitrogen and oxygen atoms in total. The zero-order valence-corrected chi connectivity index (χ0v) is 13.4. The molecule has 20 heavy (non-hydrogen) atoms. The number of nitrogens with zero attached hydrogens (tertiary/aromatic N) is 1. The average Bonchev–Trinajstić information content (AvgIpc) is 2.70. The van der Waals surface area contributed by atoms with E-state index < -0.39 is 10.0 Å². The predicted octanol–water partition coefficient (Wildman–Crippen LogP) is 2.75. The van der Waals surface area contributed by atoms with Crippen LogP contribution < -0.4 is 4.74 Å². The topological polar surface area (TPSA) is 46.6 Å².